The van der Waals surface area contributed by atoms with Gasteiger partial charge < -0.3 is 15.7 Å². The topological polar surface area (TPSA) is 139 Å². The molecule has 5 rings (SSSR count). The lowest BCUT2D eigenvalue weighted by Gasteiger charge is -2.15. The van der Waals surface area contributed by atoms with Gasteiger partial charge in [-0.15, -0.1) is 0 Å². The zero-order valence-electron chi connectivity index (χ0n) is 22.4. The minimum Gasteiger partial charge on any atom is -0.480 e. The minimum atomic E-state index is -1.14. The molecule has 0 spiro atoms. The summed E-state index contributed by atoms with van der Waals surface area (Å²) in [6.07, 6.45) is 1.80. The van der Waals surface area contributed by atoms with E-state index >= 15 is 0 Å². The molecule has 0 aliphatic rings. The molecule has 0 saturated carbocycles. The molecule has 41 heavy (non-hydrogen) atoms. The van der Waals surface area contributed by atoms with E-state index in [0.717, 1.165) is 22.4 Å². The molecular formula is C31H27N5O5. The summed E-state index contributed by atoms with van der Waals surface area (Å²) in [6, 6.07) is 23.2. The first-order chi connectivity index (χ1) is 19.7. The van der Waals surface area contributed by atoms with Crippen molar-refractivity contribution in [2.24, 2.45) is 0 Å². The van der Waals surface area contributed by atoms with E-state index in [2.05, 4.69) is 10.6 Å². The van der Waals surface area contributed by atoms with Gasteiger partial charge in [-0.2, -0.15) is 0 Å². The number of carboxylic acid groups (broad SMARTS) is 1. The highest BCUT2D eigenvalue weighted by Gasteiger charge is 2.23. The van der Waals surface area contributed by atoms with Crippen LogP contribution >= 0.6 is 0 Å². The number of fused-ring (bicyclic) bond motifs is 1. The SMILES string of the molecule is Cc1cccc(C)c1Nc1c(-c2cccc([N+](=O)[O-])c2)nc2cc(C(=O)NC(Cc3ccccc3)C(=O)O)ccn12. The predicted octanol–water partition coefficient (Wildman–Crippen LogP) is 5.70. The number of nitro benzene ring substituents is 1. The Kier molecular flexibility index (Phi) is 7.47. The van der Waals surface area contributed by atoms with E-state index in [1.54, 1.807) is 47.0 Å². The number of nitro groups is 1. The number of aliphatic carboxylic acids is 1. The largest absolute Gasteiger partial charge is 0.480 e. The van der Waals surface area contributed by atoms with Crippen LogP contribution in [0.5, 0.6) is 0 Å². The Morgan fingerprint density at radius 2 is 1.68 bits per heavy atom. The lowest BCUT2D eigenvalue weighted by atomic mass is 10.1. The van der Waals surface area contributed by atoms with Gasteiger partial charge in [0, 0.05) is 41.6 Å². The Morgan fingerprint density at radius 1 is 0.976 bits per heavy atom. The maximum Gasteiger partial charge on any atom is 0.326 e. The second kappa shape index (κ2) is 11.3. The van der Waals surface area contributed by atoms with Gasteiger partial charge in [-0.1, -0.05) is 60.7 Å². The van der Waals surface area contributed by atoms with Gasteiger partial charge in [0.05, 0.1) is 4.92 Å². The van der Waals surface area contributed by atoms with Crippen molar-refractivity contribution in [1.29, 1.82) is 0 Å². The van der Waals surface area contributed by atoms with E-state index in [0.29, 0.717) is 22.7 Å². The van der Waals surface area contributed by atoms with Crippen LogP contribution in [0.25, 0.3) is 16.9 Å². The molecule has 2 aromatic heterocycles. The smallest absolute Gasteiger partial charge is 0.326 e. The molecular weight excluding hydrogens is 522 g/mol. The number of amides is 1. The zero-order valence-corrected chi connectivity index (χ0v) is 22.4. The van der Waals surface area contributed by atoms with Crippen molar-refractivity contribution in [2.75, 3.05) is 5.32 Å². The van der Waals surface area contributed by atoms with Crippen LogP contribution in [0, 0.1) is 24.0 Å². The van der Waals surface area contributed by atoms with Crippen molar-refractivity contribution in [2.45, 2.75) is 26.3 Å². The van der Waals surface area contributed by atoms with Crippen LogP contribution in [0.15, 0.2) is 91.1 Å². The molecule has 0 radical (unpaired) electrons. The first-order valence-corrected chi connectivity index (χ1v) is 12.9. The maximum atomic E-state index is 13.2. The van der Waals surface area contributed by atoms with Crippen molar-refractivity contribution in [1.82, 2.24) is 14.7 Å². The number of rotatable bonds is 9. The number of imidazole rings is 1. The fraction of sp³-hybridized carbons (Fsp3) is 0.129. The quantitative estimate of drug-likeness (QED) is 0.158. The van der Waals surface area contributed by atoms with E-state index < -0.39 is 22.8 Å². The van der Waals surface area contributed by atoms with E-state index in [1.807, 2.05) is 50.2 Å². The van der Waals surface area contributed by atoms with E-state index in [-0.39, 0.29) is 17.7 Å². The van der Waals surface area contributed by atoms with Gasteiger partial charge in [0.15, 0.2) is 0 Å². The van der Waals surface area contributed by atoms with Crippen molar-refractivity contribution < 1.29 is 19.6 Å². The first-order valence-electron chi connectivity index (χ1n) is 12.9. The van der Waals surface area contributed by atoms with Crippen LogP contribution in [0.1, 0.15) is 27.0 Å². The zero-order chi connectivity index (χ0) is 29.1. The standard InChI is InChI=1S/C31H27N5O5/c1-19-8-6-9-20(2)27(19)34-29-28(22-12-7-13-24(17-22)36(40)41)33-26-18-23(14-15-35(26)29)30(37)32-25(31(38)39)16-21-10-4-3-5-11-21/h3-15,17-18,25,34H,16H2,1-2H3,(H,32,37)(H,38,39). The molecule has 1 unspecified atom stereocenters. The second-order valence-corrected chi connectivity index (χ2v) is 9.71. The highest BCUT2D eigenvalue weighted by molar-refractivity contribution is 5.97. The van der Waals surface area contributed by atoms with Crippen LogP contribution < -0.4 is 10.6 Å². The summed E-state index contributed by atoms with van der Waals surface area (Å²) in [6.45, 7) is 3.95. The number of carboxylic acids is 1. The molecule has 0 fully saturated rings. The number of benzene rings is 3. The summed E-state index contributed by atoms with van der Waals surface area (Å²) < 4.78 is 1.76. The van der Waals surface area contributed by atoms with E-state index in [4.69, 9.17) is 4.98 Å². The lowest BCUT2D eigenvalue weighted by Crippen LogP contribution is -2.42. The van der Waals surface area contributed by atoms with E-state index in [9.17, 15) is 24.8 Å². The van der Waals surface area contributed by atoms with Gasteiger partial charge in [0.2, 0.25) is 0 Å². The van der Waals surface area contributed by atoms with Gasteiger partial charge in [0.1, 0.15) is 23.2 Å². The highest BCUT2D eigenvalue weighted by atomic mass is 16.6. The minimum absolute atomic E-state index is 0.0734. The van der Waals surface area contributed by atoms with Gasteiger partial charge in [0.25, 0.3) is 11.6 Å². The van der Waals surface area contributed by atoms with Crippen molar-refractivity contribution in [3.05, 3.63) is 123 Å². The van der Waals surface area contributed by atoms with Crippen LogP contribution in [-0.2, 0) is 11.2 Å². The van der Waals surface area contributed by atoms with Crippen LogP contribution in [0.2, 0.25) is 0 Å². The number of para-hydroxylation sites is 1. The maximum absolute atomic E-state index is 13.2. The molecule has 0 aliphatic carbocycles. The summed E-state index contributed by atoms with van der Waals surface area (Å²) >= 11 is 0. The predicted molar refractivity (Wildman–Crippen MR) is 156 cm³/mol. The Hall–Kier alpha value is -5.51. The van der Waals surface area contributed by atoms with Gasteiger partial charge >= 0.3 is 5.97 Å². The Bertz CT molecular complexity index is 1760. The number of hydrogen-bond donors (Lipinski definition) is 3. The number of aryl methyl sites for hydroxylation is 2. The number of carbonyl (C=O) groups excluding carboxylic acids is 1. The summed E-state index contributed by atoms with van der Waals surface area (Å²) in [7, 11) is 0. The number of anilines is 2. The molecule has 0 aliphatic heterocycles. The molecule has 5 aromatic rings. The Labute approximate surface area is 235 Å². The normalized spacial score (nSPS) is 11.7. The first kappa shape index (κ1) is 27.1. The third kappa shape index (κ3) is 5.76. The van der Waals surface area contributed by atoms with Gasteiger partial charge in [-0.05, 0) is 42.7 Å². The van der Waals surface area contributed by atoms with Crippen molar-refractivity contribution in [3.63, 3.8) is 0 Å². The number of non-ortho nitro benzene ring substituents is 1. The number of pyridine rings is 1. The fourth-order valence-electron chi connectivity index (χ4n) is 4.69. The van der Waals surface area contributed by atoms with E-state index in [1.165, 1.54) is 12.1 Å². The molecule has 10 heteroatoms. The molecule has 0 saturated heterocycles. The summed E-state index contributed by atoms with van der Waals surface area (Å²) in [5, 5.41) is 27.3. The number of aromatic nitrogens is 2. The van der Waals surface area contributed by atoms with Crippen molar-refractivity contribution in [3.8, 4) is 11.3 Å². The molecule has 3 aromatic carbocycles. The average molecular weight is 550 g/mol. The average Bonchev–Trinajstić information content (AvgIpc) is 3.32. The Balaban J connectivity index is 1.55. The molecule has 10 nitrogen and oxygen atoms in total. The third-order valence-electron chi connectivity index (χ3n) is 6.83. The lowest BCUT2D eigenvalue weighted by molar-refractivity contribution is -0.384. The molecule has 1 atom stereocenters. The molecule has 2 heterocycles. The summed E-state index contributed by atoms with van der Waals surface area (Å²) in [5.41, 5.74) is 5.20. The van der Waals surface area contributed by atoms with Crippen LogP contribution in [0.3, 0.4) is 0 Å². The monoisotopic (exact) mass is 549 g/mol. The fourth-order valence-corrected chi connectivity index (χ4v) is 4.69. The second-order valence-electron chi connectivity index (χ2n) is 9.71. The molecule has 3 N–H and O–H groups in total. The number of carbonyl (C=O) groups is 2. The van der Waals surface area contributed by atoms with Crippen LogP contribution in [0.4, 0.5) is 17.2 Å². The molecule has 1 amide bonds. The number of hydrogen-bond acceptors (Lipinski definition) is 6. The van der Waals surface area contributed by atoms with Crippen LogP contribution in [-0.4, -0.2) is 37.3 Å². The molecule has 206 valence electrons. The number of nitrogens with zero attached hydrogens (tertiary/aromatic N) is 3. The summed E-state index contributed by atoms with van der Waals surface area (Å²) in [4.78, 5) is 40.8. The number of nitrogens with one attached hydrogen (secondary N) is 2. The van der Waals surface area contributed by atoms with Crippen molar-refractivity contribution >= 4 is 34.7 Å². The van der Waals surface area contributed by atoms with Gasteiger partial charge in [-0.3, -0.25) is 19.3 Å². The summed E-state index contributed by atoms with van der Waals surface area (Å²) in [5.74, 6) is -1.13. The van der Waals surface area contributed by atoms with Gasteiger partial charge in [-0.25, -0.2) is 9.78 Å². The highest BCUT2D eigenvalue weighted by Crippen LogP contribution is 2.34. The Morgan fingerprint density at radius 3 is 2.37 bits per heavy atom. The molecule has 0 bridgehead atoms. The third-order valence-corrected chi connectivity index (χ3v) is 6.83.